The number of methoxy groups -OCH3 is 1. The highest BCUT2D eigenvalue weighted by Crippen LogP contribution is 2.39. The fraction of sp³-hybridized carbons (Fsp3) is 0.357. The van der Waals surface area contributed by atoms with Crippen molar-refractivity contribution in [2.24, 2.45) is 0 Å². The second-order valence-corrected chi connectivity index (χ2v) is 5.15. The molecule has 0 atom stereocenters. The molecule has 1 aromatic carbocycles. The molecule has 6 heteroatoms. The first-order valence-corrected chi connectivity index (χ1v) is 7.12. The maximum absolute atomic E-state index is 11.2. The third-order valence-corrected chi connectivity index (χ3v) is 4.02. The molecule has 0 aliphatic rings. The van der Waals surface area contributed by atoms with Gasteiger partial charge in [-0.2, -0.15) is 0 Å². The highest BCUT2D eigenvalue weighted by molar-refractivity contribution is 6.46. The number of nitrogens with one attached hydrogen (secondary N) is 2. The lowest BCUT2D eigenvalue weighted by atomic mass is 10.1. The van der Waals surface area contributed by atoms with Crippen LogP contribution in [-0.2, 0) is 11.2 Å². The van der Waals surface area contributed by atoms with Gasteiger partial charge in [-0.15, -0.1) is 0 Å². The molecular formula is C14H16Cl2N2O2. The number of carbonyl (C=O) groups is 1. The molecule has 0 unspecified atom stereocenters. The number of halogens is 2. The lowest BCUT2D eigenvalue weighted by Gasteiger charge is -2.07. The van der Waals surface area contributed by atoms with Crippen LogP contribution in [-0.4, -0.2) is 24.5 Å². The molecular weight excluding hydrogens is 299 g/mol. The Morgan fingerprint density at radius 1 is 1.40 bits per heavy atom. The molecule has 2 aromatic rings. The molecule has 0 spiro atoms. The Labute approximate surface area is 127 Å². The number of aromatic amines is 1. The van der Waals surface area contributed by atoms with Gasteiger partial charge in [0.15, 0.2) is 0 Å². The van der Waals surface area contributed by atoms with Crippen LogP contribution in [0.15, 0.2) is 12.3 Å². The minimum atomic E-state index is 0.0449. The second-order valence-electron chi connectivity index (χ2n) is 4.40. The van der Waals surface area contributed by atoms with E-state index in [-0.39, 0.29) is 5.91 Å². The maximum Gasteiger partial charge on any atom is 0.219 e. The normalized spacial score (nSPS) is 10.8. The Morgan fingerprint density at radius 3 is 2.80 bits per heavy atom. The van der Waals surface area contributed by atoms with E-state index in [2.05, 4.69) is 10.3 Å². The van der Waals surface area contributed by atoms with Gasteiger partial charge in [-0.25, -0.2) is 0 Å². The lowest BCUT2D eigenvalue weighted by molar-refractivity contribution is -0.120. The first-order valence-electron chi connectivity index (χ1n) is 6.37. The summed E-state index contributed by atoms with van der Waals surface area (Å²) in [5.74, 6) is 0.589. The Morgan fingerprint density at radius 2 is 2.15 bits per heavy atom. The topological polar surface area (TPSA) is 54.1 Å². The van der Waals surface area contributed by atoms with Gasteiger partial charge in [-0.3, -0.25) is 4.79 Å². The van der Waals surface area contributed by atoms with Crippen LogP contribution >= 0.6 is 23.2 Å². The van der Waals surface area contributed by atoms with E-state index in [4.69, 9.17) is 27.9 Å². The lowest BCUT2D eigenvalue weighted by Crippen LogP contribution is -2.24. The summed E-state index contributed by atoms with van der Waals surface area (Å²) in [7, 11) is 1.55. The molecule has 0 aliphatic carbocycles. The number of ether oxygens (including phenoxy) is 1. The number of benzene rings is 1. The molecule has 0 saturated heterocycles. The molecule has 0 saturated carbocycles. The van der Waals surface area contributed by atoms with Gasteiger partial charge < -0.3 is 15.0 Å². The van der Waals surface area contributed by atoms with E-state index in [9.17, 15) is 4.79 Å². The van der Waals surface area contributed by atoms with Crippen LogP contribution in [0.3, 0.4) is 0 Å². The van der Waals surface area contributed by atoms with Crippen LogP contribution in [0.4, 0.5) is 0 Å². The smallest absolute Gasteiger partial charge is 0.219 e. The zero-order valence-electron chi connectivity index (χ0n) is 11.3. The number of aromatic nitrogens is 1. The minimum absolute atomic E-state index is 0.0449. The first kappa shape index (κ1) is 15.0. The highest BCUT2D eigenvalue weighted by Gasteiger charge is 2.14. The van der Waals surface area contributed by atoms with Crippen molar-refractivity contribution in [2.45, 2.75) is 19.8 Å². The predicted octanol–water partition coefficient (Wildman–Crippen LogP) is 3.55. The summed E-state index contributed by atoms with van der Waals surface area (Å²) in [6, 6.07) is 1.86. The van der Waals surface area contributed by atoms with Gasteiger partial charge in [0, 0.05) is 24.5 Å². The second kappa shape index (κ2) is 6.37. The van der Waals surface area contributed by atoms with Crippen molar-refractivity contribution in [1.29, 1.82) is 0 Å². The van der Waals surface area contributed by atoms with Crippen molar-refractivity contribution in [3.8, 4) is 5.75 Å². The molecule has 0 radical (unpaired) electrons. The van der Waals surface area contributed by atoms with Crippen LogP contribution in [0.25, 0.3) is 10.9 Å². The molecule has 4 nitrogen and oxygen atoms in total. The summed E-state index contributed by atoms with van der Waals surface area (Å²) in [5, 5.41) is 4.65. The average molecular weight is 315 g/mol. The van der Waals surface area contributed by atoms with Crippen molar-refractivity contribution in [3.05, 3.63) is 27.9 Å². The van der Waals surface area contributed by atoms with E-state index in [0.29, 0.717) is 35.2 Å². The molecule has 1 amide bonds. The van der Waals surface area contributed by atoms with Crippen molar-refractivity contribution < 1.29 is 9.53 Å². The fourth-order valence-electron chi connectivity index (χ4n) is 2.05. The highest BCUT2D eigenvalue weighted by atomic mass is 35.5. The van der Waals surface area contributed by atoms with Crippen molar-refractivity contribution in [3.63, 3.8) is 0 Å². The molecule has 1 aromatic heterocycles. The summed E-state index contributed by atoms with van der Waals surface area (Å²) >= 11 is 12.3. The summed E-state index contributed by atoms with van der Waals surface area (Å²) < 4.78 is 5.22. The first-order chi connectivity index (χ1) is 9.58. The Hall–Kier alpha value is -1.39. The molecule has 0 bridgehead atoms. The van der Waals surface area contributed by atoms with Crippen molar-refractivity contribution in [2.75, 3.05) is 13.7 Å². The molecule has 1 heterocycles. The van der Waals surface area contributed by atoms with E-state index in [1.807, 2.05) is 19.2 Å². The Bertz CT molecular complexity index is 638. The van der Waals surface area contributed by atoms with Crippen LogP contribution in [0.1, 0.15) is 18.9 Å². The zero-order valence-corrected chi connectivity index (χ0v) is 12.9. The summed E-state index contributed by atoms with van der Waals surface area (Å²) in [5.41, 5.74) is 1.85. The van der Waals surface area contributed by atoms with E-state index in [1.54, 1.807) is 7.11 Å². The van der Waals surface area contributed by atoms with E-state index in [1.165, 1.54) is 0 Å². The SMILES string of the molecule is CCC(=O)NCCc1c[nH]c2c(Cl)c(Cl)c(OC)cc12. The molecule has 108 valence electrons. The number of fused-ring (bicyclic) bond motifs is 1. The van der Waals surface area contributed by atoms with E-state index >= 15 is 0 Å². The third-order valence-electron chi connectivity index (χ3n) is 3.17. The molecule has 2 N–H and O–H groups in total. The van der Waals surface area contributed by atoms with Crippen molar-refractivity contribution in [1.82, 2.24) is 10.3 Å². The molecule has 0 aliphatic heterocycles. The Balaban J connectivity index is 2.27. The van der Waals surface area contributed by atoms with Gasteiger partial charge in [-0.1, -0.05) is 30.1 Å². The zero-order chi connectivity index (χ0) is 14.7. The molecule has 20 heavy (non-hydrogen) atoms. The number of hydrogen-bond acceptors (Lipinski definition) is 2. The maximum atomic E-state index is 11.2. The van der Waals surface area contributed by atoms with Gasteiger partial charge in [0.2, 0.25) is 5.91 Å². The van der Waals surface area contributed by atoms with Crippen LogP contribution < -0.4 is 10.1 Å². The summed E-state index contributed by atoms with van der Waals surface area (Å²) in [4.78, 5) is 14.3. The summed E-state index contributed by atoms with van der Waals surface area (Å²) in [6.45, 7) is 2.41. The van der Waals surface area contributed by atoms with Gasteiger partial charge in [0.05, 0.1) is 17.6 Å². The molecule has 0 fully saturated rings. The number of H-pyrrole nitrogens is 1. The molecule has 2 rings (SSSR count). The van der Waals surface area contributed by atoms with Gasteiger partial charge in [0.25, 0.3) is 0 Å². The standard InChI is InChI=1S/C14H16Cl2N2O2/c1-3-11(19)17-5-4-8-7-18-14-9(8)6-10(20-2)12(15)13(14)16/h6-7,18H,3-5H2,1-2H3,(H,17,19). The van der Waals surface area contributed by atoms with Crippen LogP contribution in [0, 0.1) is 0 Å². The number of carbonyl (C=O) groups excluding carboxylic acids is 1. The largest absolute Gasteiger partial charge is 0.495 e. The van der Waals surface area contributed by atoms with Crippen LogP contribution in [0.5, 0.6) is 5.75 Å². The average Bonchev–Trinajstić information content (AvgIpc) is 2.85. The third kappa shape index (κ3) is 2.86. The van der Waals surface area contributed by atoms with Gasteiger partial charge in [-0.05, 0) is 18.1 Å². The summed E-state index contributed by atoms with van der Waals surface area (Å²) in [6.07, 6.45) is 3.08. The van der Waals surface area contributed by atoms with E-state index in [0.717, 1.165) is 16.5 Å². The number of amides is 1. The van der Waals surface area contributed by atoms with Gasteiger partial charge in [0.1, 0.15) is 10.8 Å². The van der Waals surface area contributed by atoms with Crippen LogP contribution in [0.2, 0.25) is 10.0 Å². The quantitative estimate of drug-likeness (QED) is 0.886. The fourth-order valence-corrected chi connectivity index (χ4v) is 2.53. The predicted molar refractivity (Wildman–Crippen MR) is 81.9 cm³/mol. The minimum Gasteiger partial charge on any atom is -0.495 e. The number of hydrogen-bond donors (Lipinski definition) is 2. The number of rotatable bonds is 5. The van der Waals surface area contributed by atoms with E-state index < -0.39 is 0 Å². The van der Waals surface area contributed by atoms with Crippen molar-refractivity contribution >= 4 is 40.0 Å². The Kier molecular flexibility index (Phi) is 4.78. The van der Waals surface area contributed by atoms with Gasteiger partial charge >= 0.3 is 0 Å². The monoisotopic (exact) mass is 314 g/mol.